The zero-order valence-corrected chi connectivity index (χ0v) is 15.5. The summed E-state index contributed by atoms with van der Waals surface area (Å²) in [4.78, 5) is 8.77. The van der Waals surface area contributed by atoms with E-state index in [9.17, 15) is 0 Å². The molecule has 130 valence electrons. The summed E-state index contributed by atoms with van der Waals surface area (Å²) in [5, 5.41) is 10.4. The van der Waals surface area contributed by atoms with E-state index in [1.54, 1.807) is 12.4 Å². The number of hydrazone groups is 1. The number of hydrogen-bond donors (Lipinski definition) is 1. The maximum atomic E-state index is 5.49. The van der Waals surface area contributed by atoms with Crippen LogP contribution in [-0.4, -0.2) is 32.8 Å². The fourth-order valence-electron chi connectivity index (χ4n) is 3.18. The van der Waals surface area contributed by atoms with Crippen LogP contribution in [0.25, 0.3) is 11.0 Å². The van der Waals surface area contributed by atoms with Crippen molar-refractivity contribution in [2.75, 3.05) is 7.05 Å². The number of nitrogens with zero attached hydrogens (tertiary/aromatic N) is 4. The molecule has 26 heavy (non-hydrogen) atoms. The van der Waals surface area contributed by atoms with Crippen LogP contribution in [0.5, 0.6) is 0 Å². The Kier molecular flexibility index (Phi) is 4.34. The molecule has 0 amide bonds. The van der Waals surface area contributed by atoms with Gasteiger partial charge in [0.15, 0.2) is 5.11 Å². The molecule has 1 atom stereocenters. The minimum atomic E-state index is 0.0395. The molecule has 1 N–H and O–H groups in total. The largest absolute Gasteiger partial charge is 0.364 e. The summed E-state index contributed by atoms with van der Waals surface area (Å²) < 4.78 is 0. The third-order valence-electron chi connectivity index (χ3n) is 4.60. The van der Waals surface area contributed by atoms with E-state index in [0.717, 1.165) is 34.3 Å². The van der Waals surface area contributed by atoms with Crippen LogP contribution < -0.4 is 5.32 Å². The Bertz CT molecular complexity index is 997. The number of aryl methyl sites for hydroxylation is 1. The molecule has 0 saturated carbocycles. The van der Waals surface area contributed by atoms with Crippen molar-refractivity contribution >= 4 is 34.1 Å². The molecule has 4 rings (SSSR count). The molecule has 0 bridgehead atoms. The van der Waals surface area contributed by atoms with Crippen molar-refractivity contribution in [3.63, 3.8) is 0 Å². The van der Waals surface area contributed by atoms with E-state index in [1.807, 2.05) is 18.1 Å². The van der Waals surface area contributed by atoms with Crippen molar-refractivity contribution in [1.82, 2.24) is 20.3 Å². The van der Waals surface area contributed by atoms with Gasteiger partial charge in [-0.15, -0.1) is 0 Å². The zero-order chi connectivity index (χ0) is 18.1. The van der Waals surface area contributed by atoms with Crippen molar-refractivity contribution in [1.29, 1.82) is 0 Å². The predicted octanol–water partition coefficient (Wildman–Crippen LogP) is 3.59. The van der Waals surface area contributed by atoms with Gasteiger partial charge in [-0.3, -0.25) is 9.97 Å². The quantitative estimate of drug-likeness (QED) is 0.707. The number of fused-ring (bicyclic) bond motifs is 1. The molecule has 1 aliphatic heterocycles. The summed E-state index contributed by atoms with van der Waals surface area (Å²) in [6, 6.07) is 14.6. The van der Waals surface area contributed by atoms with Gasteiger partial charge in [-0.1, -0.05) is 35.9 Å². The second kappa shape index (κ2) is 6.80. The van der Waals surface area contributed by atoms with Crippen LogP contribution in [0.2, 0.25) is 0 Å². The van der Waals surface area contributed by atoms with Crippen LogP contribution in [0.3, 0.4) is 0 Å². The monoisotopic (exact) mass is 361 g/mol. The fraction of sp³-hybridized carbons (Fsp3) is 0.200. The molecule has 1 aromatic heterocycles. The van der Waals surface area contributed by atoms with Gasteiger partial charge >= 0.3 is 0 Å². The summed E-state index contributed by atoms with van der Waals surface area (Å²) in [5.41, 5.74) is 6.29. The van der Waals surface area contributed by atoms with E-state index in [4.69, 9.17) is 17.3 Å². The highest BCUT2D eigenvalue weighted by Crippen LogP contribution is 2.33. The predicted molar refractivity (Wildman–Crippen MR) is 108 cm³/mol. The number of rotatable bonds is 2. The van der Waals surface area contributed by atoms with Crippen molar-refractivity contribution in [3.8, 4) is 0 Å². The fourth-order valence-corrected chi connectivity index (χ4v) is 3.35. The first-order valence-corrected chi connectivity index (χ1v) is 8.92. The lowest BCUT2D eigenvalue weighted by Crippen LogP contribution is -2.34. The molecule has 3 aromatic rings. The van der Waals surface area contributed by atoms with Crippen molar-refractivity contribution in [3.05, 3.63) is 71.5 Å². The minimum Gasteiger partial charge on any atom is -0.364 e. The SMILES string of the molecule is CNC(=S)N1N=C(c2ccc(C)cc2)CC1c1ccc2nccnc2c1. The first-order valence-electron chi connectivity index (χ1n) is 8.52. The van der Waals surface area contributed by atoms with E-state index < -0.39 is 0 Å². The van der Waals surface area contributed by atoms with Gasteiger partial charge in [0.05, 0.1) is 22.8 Å². The van der Waals surface area contributed by atoms with Crippen molar-refractivity contribution < 1.29 is 0 Å². The smallest absolute Gasteiger partial charge is 0.189 e. The van der Waals surface area contributed by atoms with Crippen LogP contribution in [-0.2, 0) is 0 Å². The first kappa shape index (κ1) is 16.6. The Balaban J connectivity index is 1.72. The summed E-state index contributed by atoms with van der Waals surface area (Å²) in [7, 11) is 1.82. The second-order valence-corrected chi connectivity index (χ2v) is 6.72. The number of benzene rings is 2. The van der Waals surface area contributed by atoms with E-state index in [0.29, 0.717) is 5.11 Å². The summed E-state index contributed by atoms with van der Waals surface area (Å²) in [5.74, 6) is 0. The van der Waals surface area contributed by atoms with E-state index >= 15 is 0 Å². The molecule has 5 nitrogen and oxygen atoms in total. The lowest BCUT2D eigenvalue weighted by Gasteiger charge is -2.23. The Morgan fingerprint density at radius 2 is 1.81 bits per heavy atom. The summed E-state index contributed by atoms with van der Waals surface area (Å²) >= 11 is 5.49. The van der Waals surface area contributed by atoms with Crippen LogP contribution in [0.15, 0.2) is 60.0 Å². The van der Waals surface area contributed by atoms with Gasteiger partial charge in [0, 0.05) is 25.9 Å². The maximum absolute atomic E-state index is 5.49. The lowest BCUT2D eigenvalue weighted by atomic mass is 9.97. The third-order valence-corrected chi connectivity index (χ3v) is 4.99. The molecule has 1 aliphatic rings. The van der Waals surface area contributed by atoms with Crippen LogP contribution >= 0.6 is 12.2 Å². The molecular weight excluding hydrogens is 342 g/mol. The Morgan fingerprint density at radius 1 is 1.08 bits per heavy atom. The normalized spacial score (nSPS) is 16.6. The molecule has 0 aliphatic carbocycles. The van der Waals surface area contributed by atoms with Gasteiger partial charge in [-0.2, -0.15) is 5.10 Å². The van der Waals surface area contributed by atoms with Gasteiger partial charge in [0.25, 0.3) is 0 Å². The maximum Gasteiger partial charge on any atom is 0.189 e. The van der Waals surface area contributed by atoms with E-state index in [2.05, 4.69) is 58.6 Å². The first-order chi connectivity index (χ1) is 12.7. The Morgan fingerprint density at radius 3 is 2.54 bits per heavy atom. The molecule has 2 aromatic carbocycles. The number of nitrogens with one attached hydrogen (secondary N) is 1. The molecule has 6 heteroatoms. The molecule has 2 heterocycles. The Hall–Kier alpha value is -2.86. The topological polar surface area (TPSA) is 53.4 Å². The van der Waals surface area contributed by atoms with E-state index in [-0.39, 0.29) is 6.04 Å². The minimum absolute atomic E-state index is 0.0395. The van der Waals surface area contributed by atoms with E-state index in [1.165, 1.54) is 5.56 Å². The highest BCUT2D eigenvalue weighted by Gasteiger charge is 2.31. The Labute approximate surface area is 157 Å². The summed E-state index contributed by atoms with van der Waals surface area (Å²) in [6.07, 6.45) is 4.21. The average Bonchev–Trinajstić information content (AvgIpc) is 3.13. The lowest BCUT2D eigenvalue weighted by molar-refractivity contribution is 0.367. The summed E-state index contributed by atoms with van der Waals surface area (Å²) in [6.45, 7) is 2.08. The van der Waals surface area contributed by atoms with Crippen molar-refractivity contribution in [2.24, 2.45) is 5.10 Å². The van der Waals surface area contributed by atoms with Crippen LogP contribution in [0, 0.1) is 6.92 Å². The number of hydrogen-bond acceptors (Lipinski definition) is 4. The molecule has 0 saturated heterocycles. The van der Waals surface area contributed by atoms with Gasteiger partial charge in [0.1, 0.15) is 0 Å². The van der Waals surface area contributed by atoms with Gasteiger partial charge < -0.3 is 5.32 Å². The average molecular weight is 361 g/mol. The highest BCUT2D eigenvalue weighted by molar-refractivity contribution is 7.80. The van der Waals surface area contributed by atoms with Gasteiger partial charge in [-0.05, 0) is 42.4 Å². The second-order valence-electron chi connectivity index (χ2n) is 6.34. The molecule has 0 fully saturated rings. The van der Waals surface area contributed by atoms with Crippen molar-refractivity contribution in [2.45, 2.75) is 19.4 Å². The molecule has 0 spiro atoms. The zero-order valence-electron chi connectivity index (χ0n) is 14.7. The molecule has 1 unspecified atom stereocenters. The highest BCUT2D eigenvalue weighted by atomic mass is 32.1. The molecule has 0 radical (unpaired) electrons. The third kappa shape index (κ3) is 3.04. The number of thiocarbonyl (C=S) groups is 1. The molecular formula is C20H19N5S. The standard InChI is InChI=1S/C20H19N5S/c1-13-3-5-14(6-4-13)17-12-19(25(24-17)20(26)21-2)15-7-8-16-18(11-15)23-10-9-22-16/h3-11,19H,12H2,1-2H3,(H,21,26). The van der Waals surface area contributed by atoms with Crippen LogP contribution in [0.4, 0.5) is 0 Å². The van der Waals surface area contributed by atoms with Crippen LogP contribution in [0.1, 0.15) is 29.2 Å². The van der Waals surface area contributed by atoms with Gasteiger partial charge in [-0.25, -0.2) is 5.01 Å². The van der Waals surface area contributed by atoms with Gasteiger partial charge in [0.2, 0.25) is 0 Å². The number of aromatic nitrogens is 2.